The topological polar surface area (TPSA) is 55.8 Å². The van der Waals surface area contributed by atoms with Gasteiger partial charge >= 0.3 is 5.97 Å². The van der Waals surface area contributed by atoms with Crippen molar-refractivity contribution in [3.8, 4) is 11.5 Å². The third kappa shape index (κ3) is 2.27. The first-order chi connectivity index (χ1) is 8.61. The van der Waals surface area contributed by atoms with Gasteiger partial charge in [-0.05, 0) is 37.5 Å². The second kappa shape index (κ2) is 5.10. The molecule has 1 aromatic carbocycles. The van der Waals surface area contributed by atoms with Crippen molar-refractivity contribution < 1.29 is 19.4 Å². The number of methoxy groups -OCH3 is 2. The summed E-state index contributed by atoms with van der Waals surface area (Å²) in [5.41, 5.74) is 0. The average Bonchev–Trinajstić information content (AvgIpc) is 2.32. The van der Waals surface area contributed by atoms with E-state index in [9.17, 15) is 9.90 Å². The van der Waals surface area contributed by atoms with E-state index in [4.69, 9.17) is 9.47 Å². The average molecular weight is 268 g/mol. The Labute approximate surface area is 110 Å². The van der Waals surface area contributed by atoms with Crippen LogP contribution in [0.15, 0.2) is 23.1 Å². The highest BCUT2D eigenvalue weighted by molar-refractivity contribution is 8.01. The Balaban J connectivity index is 2.29. The van der Waals surface area contributed by atoms with E-state index in [0.717, 1.165) is 11.3 Å². The lowest BCUT2D eigenvalue weighted by atomic mass is 9.84. The molecule has 4 nitrogen and oxygen atoms in total. The van der Waals surface area contributed by atoms with Crippen molar-refractivity contribution >= 4 is 17.7 Å². The number of hydrogen-bond acceptors (Lipinski definition) is 4. The van der Waals surface area contributed by atoms with E-state index in [1.54, 1.807) is 26.4 Å². The van der Waals surface area contributed by atoms with E-state index in [-0.39, 0.29) is 0 Å². The molecule has 1 saturated carbocycles. The van der Waals surface area contributed by atoms with E-state index in [1.165, 1.54) is 11.8 Å². The summed E-state index contributed by atoms with van der Waals surface area (Å²) in [6, 6.07) is 5.43. The van der Waals surface area contributed by atoms with Crippen LogP contribution in [0.1, 0.15) is 19.3 Å². The van der Waals surface area contributed by atoms with Gasteiger partial charge in [0.15, 0.2) is 0 Å². The van der Waals surface area contributed by atoms with Crippen LogP contribution in [-0.4, -0.2) is 30.0 Å². The molecule has 18 heavy (non-hydrogen) atoms. The number of rotatable bonds is 5. The molecular weight excluding hydrogens is 252 g/mol. The largest absolute Gasteiger partial charge is 0.497 e. The third-order valence-corrected chi connectivity index (χ3v) is 4.74. The van der Waals surface area contributed by atoms with E-state index in [1.807, 2.05) is 6.07 Å². The summed E-state index contributed by atoms with van der Waals surface area (Å²) in [6.07, 6.45) is 2.37. The normalized spacial score (nSPS) is 16.8. The Morgan fingerprint density at radius 3 is 2.50 bits per heavy atom. The van der Waals surface area contributed by atoms with Crippen molar-refractivity contribution in [1.82, 2.24) is 0 Å². The summed E-state index contributed by atoms with van der Waals surface area (Å²) in [4.78, 5) is 12.2. The summed E-state index contributed by atoms with van der Waals surface area (Å²) in [7, 11) is 3.17. The van der Waals surface area contributed by atoms with Crippen LogP contribution in [0, 0.1) is 0 Å². The second-order valence-electron chi connectivity index (χ2n) is 4.27. The Hall–Kier alpha value is -1.36. The number of carboxylic acid groups (broad SMARTS) is 1. The lowest BCUT2D eigenvalue weighted by molar-refractivity contribution is -0.142. The number of carbonyl (C=O) groups is 1. The fourth-order valence-corrected chi connectivity index (χ4v) is 3.36. The first kappa shape index (κ1) is 13.1. The highest BCUT2D eigenvalue weighted by Gasteiger charge is 2.46. The molecule has 2 rings (SSSR count). The molecule has 0 bridgehead atoms. The third-order valence-electron chi connectivity index (χ3n) is 3.23. The van der Waals surface area contributed by atoms with Crippen molar-refractivity contribution in [2.75, 3.05) is 14.2 Å². The molecule has 0 aromatic heterocycles. The van der Waals surface area contributed by atoms with Gasteiger partial charge in [0.25, 0.3) is 0 Å². The number of hydrogen-bond donors (Lipinski definition) is 1. The van der Waals surface area contributed by atoms with Gasteiger partial charge < -0.3 is 14.6 Å². The summed E-state index contributed by atoms with van der Waals surface area (Å²) >= 11 is 1.36. The zero-order valence-corrected chi connectivity index (χ0v) is 11.3. The van der Waals surface area contributed by atoms with Gasteiger partial charge in [-0.15, -0.1) is 11.8 Å². The number of benzene rings is 1. The summed E-state index contributed by atoms with van der Waals surface area (Å²) in [6.45, 7) is 0. The van der Waals surface area contributed by atoms with Crippen LogP contribution in [-0.2, 0) is 4.79 Å². The van der Waals surface area contributed by atoms with Gasteiger partial charge in [-0.3, -0.25) is 4.79 Å². The van der Waals surface area contributed by atoms with Crippen molar-refractivity contribution in [2.45, 2.75) is 28.9 Å². The van der Waals surface area contributed by atoms with E-state index >= 15 is 0 Å². The lowest BCUT2D eigenvalue weighted by Gasteiger charge is -2.37. The summed E-state index contributed by atoms with van der Waals surface area (Å²) < 4.78 is 9.74. The lowest BCUT2D eigenvalue weighted by Crippen LogP contribution is -2.41. The molecule has 1 aromatic rings. The van der Waals surface area contributed by atoms with Crippen LogP contribution in [0.3, 0.4) is 0 Å². The number of ether oxygens (including phenoxy) is 2. The monoisotopic (exact) mass is 268 g/mol. The van der Waals surface area contributed by atoms with Crippen LogP contribution in [0.25, 0.3) is 0 Å². The highest BCUT2D eigenvalue weighted by atomic mass is 32.2. The van der Waals surface area contributed by atoms with Gasteiger partial charge in [0, 0.05) is 0 Å². The molecule has 0 unspecified atom stereocenters. The maximum absolute atomic E-state index is 11.4. The molecule has 0 heterocycles. The number of aliphatic carboxylic acids is 1. The minimum absolute atomic E-state index is 0.688. The van der Waals surface area contributed by atoms with Crippen LogP contribution in [0.4, 0.5) is 0 Å². The van der Waals surface area contributed by atoms with Gasteiger partial charge in [0.2, 0.25) is 0 Å². The zero-order chi connectivity index (χ0) is 13.2. The number of carboxylic acids is 1. The molecule has 0 radical (unpaired) electrons. The van der Waals surface area contributed by atoms with Crippen LogP contribution >= 0.6 is 11.8 Å². The Kier molecular flexibility index (Phi) is 3.71. The SMILES string of the molecule is COc1ccc(OC)c(SC2(C(=O)O)CCC2)c1. The second-order valence-corrected chi connectivity index (χ2v) is 5.70. The Bertz CT molecular complexity index is 454. The van der Waals surface area contributed by atoms with E-state index in [2.05, 4.69) is 0 Å². The first-order valence-corrected chi connectivity index (χ1v) is 6.57. The fourth-order valence-electron chi connectivity index (χ4n) is 1.93. The van der Waals surface area contributed by atoms with Crippen molar-refractivity contribution in [2.24, 2.45) is 0 Å². The molecule has 1 fully saturated rings. The summed E-state index contributed by atoms with van der Waals surface area (Å²) in [5, 5.41) is 9.34. The molecule has 5 heteroatoms. The van der Waals surface area contributed by atoms with Crippen LogP contribution < -0.4 is 9.47 Å². The van der Waals surface area contributed by atoms with Crippen molar-refractivity contribution in [3.63, 3.8) is 0 Å². The molecule has 1 aliphatic rings. The van der Waals surface area contributed by atoms with Crippen molar-refractivity contribution in [1.29, 1.82) is 0 Å². The van der Waals surface area contributed by atoms with Crippen LogP contribution in [0.5, 0.6) is 11.5 Å². The first-order valence-electron chi connectivity index (χ1n) is 5.76. The van der Waals surface area contributed by atoms with Crippen LogP contribution in [0.2, 0.25) is 0 Å². The molecule has 0 amide bonds. The molecule has 0 spiro atoms. The van der Waals surface area contributed by atoms with Gasteiger partial charge in [-0.1, -0.05) is 0 Å². The smallest absolute Gasteiger partial charge is 0.320 e. The van der Waals surface area contributed by atoms with Gasteiger partial charge in [0.1, 0.15) is 16.2 Å². The molecular formula is C13H16O4S. The molecule has 0 saturated heterocycles. The Morgan fingerprint density at radius 1 is 1.33 bits per heavy atom. The predicted molar refractivity (Wildman–Crippen MR) is 69.6 cm³/mol. The zero-order valence-electron chi connectivity index (χ0n) is 10.4. The maximum atomic E-state index is 11.4. The molecule has 98 valence electrons. The van der Waals surface area contributed by atoms with Gasteiger partial charge in [-0.25, -0.2) is 0 Å². The minimum atomic E-state index is -0.747. The van der Waals surface area contributed by atoms with Gasteiger partial charge in [-0.2, -0.15) is 0 Å². The van der Waals surface area contributed by atoms with Crippen molar-refractivity contribution in [3.05, 3.63) is 18.2 Å². The predicted octanol–water partition coefficient (Wildman–Crippen LogP) is 2.80. The minimum Gasteiger partial charge on any atom is -0.497 e. The summed E-state index contributed by atoms with van der Waals surface area (Å²) in [5.74, 6) is 0.648. The Morgan fingerprint density at radius 2 is 2.06 bits per heavy atom. The standard InChI is InChI=1S/C13H16O4S/c1-16-9-4-5-10(17-2)11(8-9)18-13(12(14)15)6-3-7-13/h4-5,8H,3,6-7H2,1-2H3,(H,14,15). The molecule has 0 aliphatic heterocycles. The molecule has 0 atom stereocenters. The van der Waals surface area contributed by atoms with Gasteiger partial charge in [0.05, 0.1) is 19.1 Å². The fraction of sp³-hybridized carbons (Fsp3) is 0.462. The highest BCUT2D eigenvalue weighted by Crippen LogP contribution is 2.50. The van der Waals surface area contributed by atoms with E-state index in [0.29, 0.717) is 24.3 Å². The number of thioether (sulfide) groups is 1. The quantitative estimate of drug-likeness (QED) is 0.890. The van der Waals surface area contributed by atoms with E-state index < -0.39 is 10.7 Å². The molecule has 1 aliphatic carbocycles. The molecule has 1 N–H and O–H groups in total. The maximum Gasteiger partial charge on any atom is 0.320 e.